The quantitative estimate of drug-likeness (QED) is 0.688. The molecule has 0 aliphatic heterocycles. The Labute approximate surface area is 163 Å². The van der Waals surface area contributed by atoms with E-state index in [1.54, 1.807) is 66.5 Å². The Morgan fingerprint density at radius 3 is 2.37 bits per heavy atom. The second-order valence-electron chi connectivity index (χ2n) is 6.16. The Morgan fingerprint density at radius 2 is 1.63 bits per heavy atom. The number of benzene rings is 3. The third-order valence-electron chi connectivity index (χ3n) is 4.10. The van der Waals surface area contributed by atoms with Gasteiger partial charge in [-0.1, -0.05) is 54.1 Å². The molecule has 0 spiro atoms. The molecule has 0 aromatic heterocycles. The van der Waals surface area contributed by atoms with E-state index in [0.29, 0.717) is 28.4 Å². The van der Waals surface area contributed by atoms with Crippen molar-refractivity contribution in [3.63, 3.8) is 0 Å². The molecule has 0 heterocycles. The summed E-state index contributed by atoms with van der Waals surface area (Å²) in [5, 5.41) is 3.46. The maximum absolute atomic E-state index is 12.9. The molecule has 3 aromatic carbocycles. The first kappa shape index (κ1) is 18.7. The minimum Gasteiger partial charge on any atom is -0.337 e. The number of rotatable bonds is 5. The Bertz CT molecular complexity index is 957. The molecule has 0 fully saturated rings. The minimum atomic E-state index is -0.256. The van der Waals surface area contributed by atoms with E-state index in [1.165, 1.54) is 0 Å². The first-order chi connectivity index (χ1) is 13.0. The van der Waals surface area contributed by atoms with Crippen LogP contribution in [0.15, 0.2) is 78.9 Å². The van der Waals surface area contributed by atoms with Crippen LogP contribution in [-0.2, 0) is 6.54 Å². The molecular weight excluding hydrogens is 360 g/mol. The van der Waals surface area contributed by atoms with Gasteiger partial charge in [-0.3, -0.25) is 9.59 Å². The van der Waals surface area contributed by atoms with Crippen LogP contribution < -0.4 is 5.32 Å². The summed E-state index contributed by atoms with van der Waals surface area (Å²) in [6, 6.07) is 23.3. The van der Waals surface area contributed by atoms with Crippen molar-refractivity contribution in [2.45, 2.75) is 6.54 Å². The molecule has 4 nitrogen and oxygen atoms in total. The predicted octanol–water partition coefficient (Wildman–Crippen LogP) is 4.86. The van der Waals surface area contributed by atoms with E-state index in [2.05, 4.69) is 5.32 Å². The van der Waals surface area contributed by atoms with Crippen LogP contribution in [0, 0.1) is 0 Å². The maximum Gasteiger partial charge on any atom is 0.256 e. The van der Waals surface area contributed by atoms with Crippen LogP contribution in [0.4, 0.5) is 5.69 Å². The van der Waals surface area contributed by atoms with E-state index in [9.17, 15) is 9.59 Å². The van der Waals surface area contributed by atoms with Crippen LogP contribution in [0.25, 0.3) is 0 Å². The summed E-state index contributed by atoms with van der Waals surface area (Å²) >= 11 is 6.01. The summed E-state index contributed by atoms with van der Waals surface area (Å²) in [4.78, 5) is 26.9. The van der Waals surface area contributed by atoms with Crippen molar-refractivity contribution in [3.05, 3.63) is 101 Å². The van der Waals surface area contributed by atoms with Crippen LogP contribution in [-0.4, -0.2) is 23.8 Å². The number of hydrogen-bond donors (Lipinski definition) is 1. The van der Waals surface area contributed by atoms with Gasteiger partial charge in [0.15, 0.2) is 0 Å². The zero-order chi connectivity index (χ0) is 19.2. The number of para-hydroxylation sites is 1. The van der Waals surface area contributed by atoms with Gasteiger partial charge in [0.25, 0.3) is 11.8 Å². The van der Waals surface area contributed by atoms with Gasteiger partial charge in [0.2, 0.25) is 0 Å². The Morgan fingerprint density at radius 1 is 0.926 bits per heavy atom. The highest BCUT2D eigenvalue weighted by molar-refractivity contribution is 6.30. The lowest BCUT2D eigenvalue weighted by atomic mass is 10.1. The topological polar surface area (TPSA) is 49.4 Å². The summed E-state index contributed by atoms with van der Waals surface area (Å²) in [7, 11) is 1.72. The highest BCUT2D eigenvalue weighted by Gasteiger charge is 2.17. The highest BCUT2D eigenvalue weighted by Crippen LogP contribution is 2.20. The Balaban J connectivity index is 1.78. The number of carbonyl (C=O) groups is 2. The summed E-state index contributed by atoms with van der Waals surface area (Å²) < 4.78 is 0. The summed E-state index contributed by atoms with van der Waals surface area (Å²) in [6.45, 7) is 0.417. The number of carbonyl (C=O) groups excluding carboxylic acids is 2. The van der Waals surface area contributed by atoms with Crippen molar-refractivity contribution in [1.82, 2.24) is 4.90 Å². The van der Waals surface area contributed by atoms with Gasteiger partial charge in [-0.05, 0) is 42.0 Å². The molecule has 1 N–H and O–H groups in total. The largest absolute Gasteiger partial charge is 0.337 e. The zero-order valence-corrected chi connectivity index (χ0v) is 15.6. The first-order valence-electron chi connectivity index (χ1n) is 8.50. The van der Waals surface area contributed by atoms with Gasteiger partial charge in [0, 0.05) is 24.2 Å². The van der Waals surface area contributed by atoms with E-state index in [-0.39, 0.29) is 11.8 Å². The second kappa shape index (κ2) is 8.52. The van der Waals surface area contributed by atoms with E-state index >= 15 is 0 Å². The molecule has 136 valence electrons. The SMILES string of the molecule is CN(Cc1cccc(Cl)c1)C(=O)c1ccccc1NC(=O)c1ccccc1. The van der Waals surface area contributed by atoms with Crippen molar-refractivity contribution in [2.75, 3.05) is 12.4 Å². The fourth-order valence-electron chi connectivity index (χ4n) is 2.75. The van der Waals surface area contributed by atoms with Gasteiger partial charge in [-0.25, -0.2) is 0 Å². The normalized spacial score (nSPS) is 10.3. The van der Waals surface area contributed by atoms with Gasteiger partial charge in [0.1, 0.15) is 0 Å². The van der Waals surface area contributed by atoms with E-state index < -0.39 is 0 Å². The third kappa shape index (κ3) is 4.74. The van der Waals surface area contributed by atoms with Crippen LogP contribution in [0.1, 0.15) is 26.3 Å². The fraction of sp³-hybridized carbons (Fsp3) is 0.0909. The van der Waals surface area contributed by atoms with Crippen molar-refractivity contribution in [2.24, 2.45) is 0 Å². The summed E-state index contributed by atoms with van der Waals surface area (Å²) in [6.07, 6.45) is 0. The number of hydrogen-bond acceptors (Lipinski definition) is 2. The molecular formula is C22H19ClN2O2. The molecule has 3 rings (SSSR count). The highest BCUT2D eigenvalue weighted by atomic mass is 35.5. The van der Waals surface area contributed by atoms with E-state index in [1.807, 2.05) is 24.3 Å². The van der Waals surface area contributed by atoms with Gasteiger partial charge in [0.05, 0.1) is 11.3 Å². The molecule has 0 saturated heterocycles. The second-order valence-corrected chi connectivity index (χ2v) is 6.59. The van der Waals surface area contributed by atoms with E-state index in [4.69, 9.17) is 11.6 Å². The number of amides is 2. The molecule has 0 aliphatic carbocycles. The lowest BCUT2D eigenvalue weighted by Gasteiger charge is -2.19. The number of halogens is 1. The van der Waals surface area contributed by atoms with Crippen molar-refractivity contribution in [1.29, 1.82) is 0 Å². The van der Waals surface area contributed by atoms with Crippen molar-refractivity contribution in [3.8, 4) is 0 Å². The summed E-state index contributed by atoms with van der Waals surface area (Å²) in [5.74, 6) is -0.438. The standard InChI is InChI=1S/C22H19ClN2O2/c1-25(15-16-8-7-11-18(23)14-16)22(27)19-12-5-6-13-20(19)24-21(26)17-9-3-2-4-10-17/h2-14H,15H2,1H3,(H,24,26). The Hall–Kier alpha value is -3.11. The lowest BCUT2D eigenvalue weighted by Crippen LogP contribution is -2.27. The van der Waals surface area contributed by atoms with E-state index in [0.717, 1.165) is 5.56 Å². The predicted molar refractivity (Wildman–Crippen MR) is 108 cm³/mol. The van der Waals surface area contributed by atoms with Gasteiger partial charge in [-0.2, -0.15) is 0 Å². The fourth-order valence-corrected chi connectivity index (χ4v) is 2.96. The number of nitrogens with zero attached hydrogens (tertiary/aromatic N) is 1. The van der Waals surface area contributed by atoms with Crippen LogP contribution in [0.5, 0.6) is 0 Å². The van der Waals surface area contributed by atoms with Crippen LogP contribution in [0.3, 0.4) is 0 Å². The number of anilines is 1. The minimum absolute atomic E-state index is 0.182. The van der Waals surface area contributed by atoms with Crippen molar-refractivity contribution >= 4 is 29.1 Å². The monoisotopic (exact) mass is 378 g/mol. The number of nitrogens with one attached hydrogen (secondary N) is 1. The molecule has 0 bridgehead atoms. The Kier molecular flexibility index (Phi) is 5.89. The molecule has 0 unspecified atom stereocenters. The van der Waals surface area contributed by atoms with Crippen molar-refractivity contribution < 1.29 is 9.59 Å². The smallest absolute Gasteiger partial charge is 0.256 e. The lowest BCUT2D eigenvalue weighted by molar-refractivity contribution is 0.0786. The zero-order valence-electron chi connectivity index (χ0n) is 14.9. The maximum atomic E-state index is 12.9. The van der Waals surface area contributed by atoms with Gasteiger partial charge in [-0.15, -0.1) is 0 Å². The molecule has 0 saturated carbocycles. The van der Waals surface area contributed by atoms with Crippen LogP contribution >= 0.6 is 11.6 Å². The third-order valence-corrected chi connectivity index (χ3v) is 4.33. The first-order valence-corrected chi connectivity index (χ1v) is 8.88. The molecule has 27 heavy (non-hydrogen) atoms. The summed E-state index contributed by atoms with van der Waals surface area (Å²) in [5.41, 5.74) is 2.39. The van der Waals surface area contributed by atoms with Gasteiger partial charge >= 0.3 is 0 Å². The van der Waals surface area contributed by atoms with Crippen LogP contribution in [0.2, 0.25) is 5.02 Å². The molecule has 3 aromatic rings. The molecule has 2 amide bonds. The average Bonchev–Trinajstić information content (AvgIpc) is 2.68. The molecule has 0 aliphatic rings. The van der Waals surface area contributed by atoms with Gasteiger partial charge < -0.3 is 10.2 Å². The molecule has 0 atom stereocenters. The molecule has 5 heteroatoms. The average molecular weight is 379 g/mol. The molecule has 0 radical (unpaired) electrons.